The minimum Gasteiger partial charge on any atom is -0.462 e. The van der Waals surface area contributed by atoms with E-state index >= 15 is 0 Å². The number of nitrogens with one attached hydrogen (secondary N) is 2. The second-order valence-electron chi connectivity index (χ2n) is 7.28. The molecule has 0 radical (unpaired) electrons. The minimum atomic E-state index is -1.04. The smallest absolute Gasteiger partial charge is 0.341 e. The summed E-state index contributed by atoms with van der Waals surface area (Å²) in [7, 11) is 0. The number of hydrogen-bond acceptors (Lipinski definition) is 8. The zero-order valence-electron chi connectivity index (χ0n) is 17.5. The summed E-state index contributed by atoms with van der Waals surface area (Å²) in [6, 6.07) is 5.64. The van der Waals surface area contributed by atoms with Crippen LogP contribution < -0.4 is 10.7 Å². The monoisotopic (exact) mass is 458 g/mol. The minimum absolute atomic E-state index is 0.125. The standard InChI is InChI=1S/C21H22N4O6S/c1-3-31-21(28)17-15-8-7-12(2)9-16(15)32-20(17)23-18(26)19(27)24-22-11-13-5-4-6-14(10-13)25(29)30/h4-6,10-12H,3,7-9H2,1-2H3,(H,23,26)(H,24,27)/b22-11-/t12-/m0/s1. The molecule has 0 unspecified atom stereocenters. The Hall–Kier alpha value is -3.60. The second-order valence-corrected chi connectivity index (χ2v) is 8.39. The third-order valence-corrected chi connectivity index (χ3v) is 6.06. The van der Waals surface area contributed by atoms with Crippen LogP contribution in [0.1, 0.15) is 46.6 Å². The van der Waals surface area contributed by atoms with Crippen molar-refractivity contribution in [3.8, 4) is 0 Å². The van der Waals surface area contributed by atoms with Gasteiger partial charge in [-0.2, -0.15) is 5.10 Å². The van der Waals surface area contributed by atoms with Gasteiger partial charge < -0.3 is 10.1 Å². The normalized spacial score (nSPS) is 15.1. The van der Waals surface area contributed by atoms with Gasteiger partial charge in [-0.1, -0.05) is 19.1 Å². The number of esters is 1. The number of rotatable bonds is 6. The SMILES string of the molecule is CCOC(=O)c1c(NC(=O)C(=O)N/N=C\c2cccc([N+](=O)[O-])c2)sc2c1CC[C@H](C)C2. The molecule has 2 amide bonds. The first-order valence-corrected chi connectivity index (χ1v) is 10.8. The van der Waals surface area contributed by atoms with Gasteiger partial charge in [-0.3, -0.25) is 19.7 Å². The maximum absolute atomic E-state index is 12.5. The third kappa shape index (κ3) is 5.35. The molecule has 0 aliphatic heterocycles. The van der Waals surface area contributed by atoms with Crippen LogP contribution in [-0.2, 0) is 27.2 Å². The number of fused-ring (bicyclic) bond motifs is 1. The van der Waals surface area contributed by atoms with Gasteiger partial charge >= 0.3 is 17.8 Å². The average Bonchev–Trinajstić information content (AvgIpc) is 3.10. The van der Waals surface area contributed by atoms with Gasteiger partial charge in [0.1, 0.15) is 5.00 Å². The number of carbonyl (C=O) groups is 3. The van der Waals surface area contributed by atoms with Gasteiger partial charge in [0, 0.05) is 22.6 Å². The number of non-ortho nitro benzene ring substituents is 1. The van der Waals surface area contributed by atoms with E-state index in [0.717, 1.165) is 23.3 Å². The zero-order chi connectivity index (χ0) is 23.3. The molecule has 3 rings (SSSR count). The van der Waals surface area contributed by atoms with Crippen molar-refractivity contribution >= 4 is 46.0 Å². The Morgan fingerprint density at radius 3 is 2.84 bits per heavy atom. The highest BCUT2D eigenvalue weighted by Crippen LogP contribution is 2.40. The van der Waals surface area contributed by atoms with E-state index in [1.807, 2.05) is 0 Å². The van der Waals surface area contributed by atoms with Crippen LogP contribution >= 0.6 is 11.3 Å². The Morgan fingerprint density at radius 1 is 1.34 bits per heavy atom. The summed E-state index contributed by atoms with van der Waals surface area (Å²) in [6.07, 6.45) is 3.61. The molecule has 168 valence electrons. The second kappa shape index (κ2) is 10.1. The predicted octanol–water partition coefficient (Wildman–Crippen LogP) is 3.05. The fraction of sp³-hybridized carbons (Fsp3) is 0.333. The molecule has 1 aromatic heterocycles. The summed E-state index contributed by atoms with van der Waals surface area (Å²) in [5, 5.41) is 17.3. The highest BCUT2D eigenvalue weighted by Gasteiger charge is 2.30. The van der Waals surface area contributed by atoms with Gasteiger partial charge in [0.25, 0.3) is 5.69 Å². The molecule has 0 fully saturated rings. The zero-order valence-corrected chi connectivity index (χ0v) is 18.4. The summed E-state index contributed by atoms with van der Waals surface area (Å²) in [5.41, 5.74) is 3.51. The van der Waals surface area contributed by atoms with Crippen LogP contribution in [0.25, 0.3) is 0 Å². The predicted molar refractivity (Wildman–Crippen MR) is 119 cm³/mol. The van der Waals surface area contributed by atoms with Crippen molar-refractivity contribution in [2.24, 2.45) is 11.0 Å². The number of nitro benzene ring substituents is 1. The van der Waals surface area contributed by atoms with Crippen LogP contribution in [0.4, 0.5) is 10.7 Å². The number of hydrazone groups is 1. The van der Waals surface area contributed by atoms with Gasteiger partial charge in [-0.15, -0.1) is 11.3 Å². The van der Waals surface area contributed by atoms with Crippen molar-refractivity contribution in [1.82, 2.24) is 5.43 Å². The lowest BCUT2D eigenvalue weighted by Crippen LogP contribution is -2.32. The van der Waals surface area contributed by atoms with E-state index in [1.165, 1.54) is 35.8 Å². The number of amides is 2. The lowest BCUT2D eigenvalue weighted by atomic mass is 9.88. The van der Waals surface area contributed by atoms with Gasteiger partial charge in [0.05, 0.1) is 23.3 Å². The maximum Gasteiger partial charge on any atom is 0.341 e. The number of anilines is 1. The molecule has 11 heteroatoms. The Morgan fingerprint density at radius 2 is 2.12 bits per heavy atom. The van der Waals surface area contributed by atoms with Crippen LogP contribution in [0.2, 0.25) is 0 Å². The highest BCUT2D eigenvalue weighted by atomic mass is 32.1. The first-order chi connectivity index (χ1) is 15.3. The summed E-state index contributed by atoms with van der Waals surface area (Å²) in [5.74, 6) is -2.09. The molecule has 2 aromatic rings. The van der Waals surface area contributed by atoms with E-state index in [9.17, 15) is 24.5 Å². The molecule has 1 aliphatic carbocycles. The van der Waals surface area contributed by atoms with Crippen molar-refractivity contribution in [2.45, 2.75) is 33.1 Å². The van der Waals surface area contributed by atoms with Crippen molar-refractivity contribution in [1.29, 1.82) is 0 Å². The van der Waals surface area contributed by atoms with Crippen molar-refractivity contribution in [3.63, 3.8) is 0 Å². The van der Waals surface area contributed by atoms with E-state index in [-0.39, 0.29) is 17.3 Å². The molecular formula is C21H22N4O6S. The number of nitrogens with zero attached hydrogens (tertiary/aromatic N) is 2. The number of carbonyl (C=O) groups excluding carboxylic acids is 3. The highest BCUT2D eigenvalue weighted by molar-refractivity contribution is 7.17. The van der Waals surface area contributed by atoms with Crippen LogP contribution in [0.3, 0.4) is 0 Å². The fourth-order valence-electron chi connectivity index (χ4n) is 3.35. The third-order valence-electron chi connectivity index (χ3n) is 4.89. The molecule has 1 atom stereocenters. The van der Waals surface area contributed by atoms with E-state index in [2.05, 4.69) is 22.8 Å². The van der Waals surface area contributed by atoms with E-state index < -0.39 is 22.7 Å². The Kier molecular flexibility index (Phi) is 7.31. The van der Waals surface area contributed by atoms with E-state index in [0.29, 0.717) is 23.5 Å². The molecule has 32 heavy (non-hydrogen) atoms. The average molecular weight is 458 g/mol. The number of ether oxygens (including phenoxy) is 1. The molecule has 0 spiro atoms. The molecule has 1 heterocycles. The summed E-state index contributed by atoms with van der Waals surface area (Å²) >= 11 is 1.28. The van der Waals surface area contributed by atoms with Gasteiger partial charge in [-0.25, -0.2) is 10.2 Å². The van der Waals surface area contributed by atoms with Crippen LogP contribution in [0.15, 0.2) is 29.4 Å². The topological polar surface area (TPSA) is 140 Å². The molecular weight excluding hydrogens is 436 g/mol. The van der Waals surface area contributed by atoms with E-state index in [4.69, 9.17) is 4.74 Å². The van der Waals surface area contributed by atoms with E-state index in [1.54, 1.807) is 13.0 Å². The first-order valence-electron chi connectivity index (χ1n) is 10.0. The van der Waals surface area contributed by atoms with Crippen LogP contribution in [0, 0.1) is 16.0 Å². The number of benzene rings is 1. The van der Waals surface area contributed by atoms with Crippen LogP contribution in [-0.4, -0.2) is 35.5 Å². The Labute approximate surface area is 187 Å². The Bertz CT molecular complexity index is 1090. The lowest BCUT2D eigenvalue weighted by molar-refractivity contribution is -0.384. The van der Waals surface area contributed by atoms with Crippen molar-refractivity contribution in [3.05, 3.63) is 55.9 Å². The lowest BCUT2D eigenvalue weighted by Gasteiger charge is -2.18. The molecule has 0 bridgehead atoms. The van der Waals surface area contributed by atoms with Gasteiger partial charge in [0.15, 0.2) is 0 Å². The van der Waals surface area contributed by atoms with Gasteiger partial charge in [0.2, 0.25) is 0 Å². The molecule has 1 aliphatic rings. The van der Waals surface area contributed by atoms with Crippen LogP contribution in [0.5, 0.6) is 0 Å². The Balaban J connectivity index is 1.71. The van der Waals surface area contributed by atoms with Gasteiger partial charge in [-0.05, 0) is 37.7 Å². The number of hydrogen-bond donors (Lipinski definition) is 2. The molecule has 0 saturated carbocycles. The first kappa shape index (κ1) is 23.1. The molecule has 0 saturated heterocycles. The summed E-state index contributed by atoms with van der Waals surface area (Å²) < 4.78 is 5.15. The quantitative estimate of drug-likeness (QED) is 0.224. The summed E-state index contributed by atoms with van der Waals surface area (Å²) in [4.78, 5) is 48.3. The largest absolute Gasteiger partial charge is 0.462 e. The fourth-order valence-corrected chi connectivity index (χ4v) is 4.75. The molecule has 2 N–H and O–H groups in total. The maximum atomic E-state index is 12.5. The van der Waals surface area contributed by atoms with Crippen molar-refractivity contribution in [2.75, 3.05) is 11.9 Å². The summed E-state index contributed by atoms with van der Waals surface area (Å²) in [6.45, 7) is 4.02. The molecule has 1 aromatic carbocycles. The van der Waals surface area contributed by atoms with Crippen molar-refractivity contribution < 1.29 is 24.0 Å². The molecule has 10 nitrogen and oxygen atoms in total. The number of nitro groups is 1. The number of thiophene rings is 1.